The van der Waals surface area contributed by atoms with Gasteiger partial charge < -0.3 is 4.74 Å². The number of nitrogens with zero attached hydrogens (tertiary/aromatic N) is 3. The highest BCUT2D eigenvalue weighted by molar-refractivity contribution is 6.34. The molecule has 0 fully saturated rings. The zero-order valence-electron chi connectivity index (χ0n) is 13.5. The summed E-state index contributed by atoms with van der Waals surface area (Å²) in [6, 6.07) is 1.80. The third-order valence-electron chi connectivity index (χ3n) is 3.38. The fourth-order valence-corrected chi connectivity index (χ4v) is 2.76. The number of benzene rings is 1. The first-order valence-electron chi connectivity index (χ1n) is 7.19. The largest absolute Gasteiger partial charge is 0.358 e. The van der Waals surface area contributed by atoms with Crippen LogP contribution in [0.25, 0.3) is 11.3 Å². The maximum absolute atomic E-state index is 14.3. The molecule has 26 heavy (non-hydrogen) atoms. The van der Waals surface area contributed by atoms with Crippen molar-refractivity contribution in [1.29, 1.82) is 0 Å². The molecule has 140 valence electrons. The predicted molar refractivity (Wildman–Crippen MR) is 89.1 cm³/mol. The van der Waals surface area contributed by atoms with Gasteiger partial charge in [-0.25, -0.2) is 18.5 Å². The summed E-state index contributed by atoms with van der Waals surface area (Å²) in [6.07, 6.45) is 0. The van der Waals surface area contributed by atoms with Crippen LogP contribution in [0, 0.1) is 12.7 Å². The number of aromatic nitrogens is 3. The molecule has 0 saturated heterocycles. The number of carbonyl (C=O) groups excluding carboxylic acids is 1. The molecule has 0 amide bonds. The van der Waals surface area contributed by atoms with Crippen molar-refractivity contribution in [3.05, 3.63) is 44.8 Å². The Kier molecular flexibility index (Phi) is 6.30. The summed E-state index contributed by atoms with van der Waals surface area (Å²) in [5.74, 6) is 0.232. The molecular formula is C15H12Cl2F3N3O3. The zero-order chi connectivity index (χ0) is 19.6. The van der Waals surface area contributed by atoms with Crippen molar-refractivity contribution in [2.24, 2.45) is 0 Å². The van der Waals surface area contributed by atoms with Crippen LogP contribution in [0.4, 0.5) is 13.2 Å². The molecule has 0 aliphatic rings. The van der Waals surface area contributed by atoms with Crippen LogP contribution >= 0.6 is 23.2 Å². The lowest BCUT2D eigenvalue weighted by molar-refractivity contribution is 0.0640. The summed E-state index contributed by atoms with van der Waals surface area (Å²) in [7, 11) is 0. The maximum atomic E-state index is 14.3. The van der Waals surface area contributed by atoms with Crippen LogP contribution in [0.2, 0.25) is 5.02 Å². The Morgan fingerprint density at radius 1 is 1.42 bits per heavy atom. The standard InChI is InChI=1S/C15H12Cl2F3N3O3/c1-3-26-13(17)9(6-24)8-4-12(11(18)5-10(8)16)23-15(25)22(14(19)20)7(2)21-23/h4-5,13-14H,3H2,1-2H3. The van der Waals surface area contributed by atoms with E-state index in [0.717, 1.165) is 12.1 Å². The summed E-state index contributed by atoms with van der Waals surface area (Å²) < 4.78 is 45.8. The van der Waals surface area contributed by atoms with E-state index in [0.29, 0.717) is 4.68 Å². The second-order valence-electron chi connectivity index (χ2n) is 4.96. The van der Waals surface area contributed by atoms with Gasteiger partial charge in [0, 0.05) is 12.2 Å². The number of ether oxygens (including phenoxy) is 1. The molecule has 2 aromatic rings. The van der Waals surface area contributed by atoms with E-state index in [1.807, 2.05) is 0 Å². The summed E-state index contributed by atoms with van der Waals surface area (Å²) in [5, 5.41) is 3.43. The van der Waals surface area contributed by atoms with E-state index in [4.69, 9.17) is 27.9 Å². The van der Waals surface area contributed by atoms with Gasteiger partial charge in [-0.15, -0.1) is 5.10 Å². The van der Waals surface area contributed by atoms with Crippen molar-refractivity contribution in [2.45, 2.75) is 26.0 Å². The average molecular weight is 410 g/mol. The molecule has 6 nitrogen and oxygen atoms in total. The smallest absolute Gasteiger partial charge is 0.355 e. The fraction of sp³-hybridized carbons (Fsp3) is 0.333. The van der Waals surface area contributed by atoms with Gasteiger partial charge >= 0.3 is 12.2 Å². The first-order valence-corrected chi connectivity index (χ1v) is 8.01. The third kappa shape index (κ3) is 3.71. The van der Waals surface area contributed by atoms with Gasteiger partial charge in [0.05, 0.1) is 10.6 Å². The number of hydrogen-bond acceptors (Lipinski definition) is 4. The van der Waals surface area contributed by atoms with E-state index < -0.39 is 29.3 Å². The van der Waals surface area contributed by atoms with Gasteiger partial charge in [-0.05, 0) is 26.0 Å². The molecule has 1 aromatic heterocycles. The molecule has 0 spiro atoms. The monoisotopic (exact) mass is 409 g/mol. The minimum atomic E-state index is -3.15. The molecule has 0 aliphatic heterocycles. The number of halogens is 5. The molecule has 0 aliphatic carbocycles. The second kappa shape index (κ2) is 8.09. The van der Waals surface area contributed by atoms with Crippen LogP contribution in [0.3, 0.4) is 0 Å². The van der Waals surface area contributed by atoms with E-state index in [1.165, 1.54) is 6.92 Å². The third-order valence-corrected chi connectivity index (χ3v) is 4.04. The SMILES string of the molecule is CCOC(Cl)C(=C=O)c1cc(-n2nc(C)n(C(F)F)c2=O)c(F)cc1Cl. The summed E-state index contributed by atoms with van der Waals surface area (Å²) >= 11 is 11.9. The van der Waals surface area contributed by atoms with Crippen LogP contribution in [0.15, 0.2) is 16.9 Å². The summed E-state index contributed by atoms with van der Waals surface area (Å²) in [5.41, 5.74) is -3.27. The Labute approximate surface area is 155 Å². The molecule has 0 bridgehead atoms. The summed E-state index contributed by atoms with van der Waals surface area (Å²) in [6.45, 7) is -0.182. The molecule has 11 heteroatoms. The molecular weight excluding hydrogens is 398 g/mol. The van der Waals surface area contributed by atoms with Gasteiger partial charge in [-0.2, -0.15) is 13.5 Å². The van der Waals surface area contributed by atoms with Gasteiger partial charge in [-0.1, -0.05) is 23.2 Å². The Bertz CT molecular complexity index is 936. The Morgan fingerprint density at radius 3 is 2.58 bits per heavy atom. The van der Waals surface area contributed by atoms with Crippen molar-refractivity contribution in [3.63, 3.8) is 0 Å². The first kappa shape index (κ1) is 20.3. The number of alkyl halides is 3. The minimum Gasteiger partial charge on any atom is -0.358 e. The predicted octanol–water partition coefficient (Wildman–Crippen LogP) is 3.35. The molecule has 0 N–H and O–H groups in total. The van der Waals surface area contributed by atoms with Crippen LogP contribution < -0.4 is 5.69 Å². The highest BCUT2D eigenvalue weighted by Crippen LogP contribution is 2.31. The van der Waals surface area contributed by atoms with Crippen molar-refractivity contribution in [1.82, 2.24) is 14.3 Å². The van der Waals surface area contributed by atoms with E-state index >= 15 is 0 Å². The molecule has 0 saturated carbocycles. The van der Waals surface area contributed by atoms with E-state index in [2.05, 4.69) is 5.10 Å². The maximum Gasteiger partial charge on any atom is 0.355 e. The van der Waals surface area contributed by atoms with Crippen LogP contribution in [0.5, 0.6) is 0 Å². The molecule has 0 radical (unpaired) electrons. The van der Waals surface area contributed by atoms with Crippen LogP contribution in [-0.4, -0.2) is 32.5 Å². The molecule has 1 aromatic carbocycles. The first-order chi connectivity index (χ1) is 12.2. The van der Waals surface area contributed by atoms with E-state index in [9.17, 15) is 22.8 Å². The molecule has 1 unspecified atom stereocenters. The lowest BCUT2D eigenvalue weighted by Crippen LogP contribution is -2.25. The van der Waals surface area contributed by atoms with Crippen LogP contribution in [-0.2, 0) is 9.53 Å². The average Bonchev–Trinajstić information content (AvgIpc) is 2.85. The van der Waals surface area contributed by atoms with E-state index in [-0.39, 0.29) is 33.2 Å². The van der Waals surface area contributed by atoms with Crippen molar-refractivity contribution in [2.75, 3.05) is 6.61 Å². The minimum absolute atomic E-state index is 0.0670. The Balaban J connectivity index is 2.69. The number of aryl methyl sites for hydroxylation is 1. The lowest BCUT2D eigenvalue weighted by atomic mass is 10.1. The molecule has 2 rings (SSSR count). The zero-order valence-corrected chi connectivity index (χ0v) is 15.0. The Morgan fingerprint density at radius 2 is 2.08 bits per heavy atom. The highest BCUT2D eigenvalue weighted by atomic mass is 35.5. The lowest BCUT2D eigenvalue weighted by Gasteiger charge is -2.14. The number of hydrogen-bond donors (Lipinski definition) is 0. The topological polar surface area (TPSA) is 66.1 Å². The van der Waals surface area contributed by atoms with Crippen molar-refractivity contribution < 1.29 is 22.7 Å². The second-order valence-corrected chi connectivity index (χ2v) is 5.76. The fourth-order valence-electron chi connectivity index (χ4n) is 2.22. The normalized spacial score (nSPS) is 12.3. The Hall–Kier alpha value is -2.06. The van der Waals surface area contributed by atoms with Gasteiger partial charge in [0.1, 0.15) is 17.5 Å². The van der Waals surface area contributed by atoms with Crippen molar-refractivity contribution >= 4 is 34.7 Å². The highest BCUT2D eigenvalue weighted by Gasteiger charge is 2.24. The molecule has 1 atom stereocenters. The van der Waals surface area contributed by atoms with Gasteiger partial charge in [0.2, 0.25) is 0 Å². The van der Waals surface area contributed by atoms with E-state index in [1.54, 1.807) is 12.9 Å². The summed E-state index contributed by atoms with van der Waals surface area (Å²) in [4.78, 5) is 23.4. The van der Waals surface area contributed by atoms with Gasteiger partial charge in [0.25, 0.3) is 0 Å². The van der Waals surface area contributed by atoms with Gasteiger partial charge in [0.15, 0.2) is 11.4 Å². The quantitative estimate of drug-likeness (QED) is 0.541. The van der Waals surface area contributed by atoms with Gasteiger partial charge in [-0.3, -0.25) is 0 Å². The van der Waals surface area contributed by atoms with Crippen LogP contribution in [0.1, 0.15) is 24.9 Å². The number of rotatable bonds is 6. The van der Waals surface area contributed by atoms with Crippen molar-refractivity contribution in [3.8, 4) is 5.69 Å². The molecule has 1 heterocycles.